The van der Waals surface area contributed by atoms with Gasteiger partial charge in [-0.2, -0.15) is 18.3 Å². The molecular weight excluding hydrogens is 207 g/mol. The molecule has 0 radical (unpaired) electrons. The van der Waals surface area contributed by atoms with E-state index in [4.69, 9.17) is 0 Å². The minimum Gasteiger partial charge on any atom is -0.253 e. The van der Waals surface area contributed by atoms with E-state index in [1.807, 2.05) is 0 Å². The minimum absolute atomic E-state index is 0.391. The van der Waals surface area contributed by atoms with Crippen LogP contribution in [-0.2, 0) is 0 Å². The molecule has 0 aliphatic heterocycles. The second kappa shape index (κ2) is 3.22. The second-order valence-electron chi connectivity index (χ2n) is 3.21. The lowest BCUT2D eigenvalue weighted by molar-refractivity contribution is -0.164. The summed E-state index contributed by atoms with van der Waals surface area (Å²) in [7, 11) is 0. The van der Waals surface area contributed by atoms with Crippen LogP contribution in [-0.4, -0.2) is 20.9 Å². The summed E-state index contributed by atoms with van der Waals surface area (Å²) < 4.78 is 38.3. The van der Waals surface area contributed by atoms with Crippen molar-refractivity contribution in [2.75, 3.05) is 0 Å². The summed E-state index contributed by atoms with van der Waals surface area (Å²) in [5.41, 5.74) is 0.857. The Bertz CT molecular complexity index is 475. The maximum Gasteiger partial charge on any atom is 0.410 e. The summed E-state index contributed by atoms with van der Waals surface area (Å²) in [6.07, 6.45) is -1.45. The Kier molecular flexibility index (Phi) is 2.13. The van der Waals surface area contributed by atoms with Gasteiger partial charge in [0.2, 0.25) is 0 Å². The number of aromatic nitrogens is 3. The number of halogens is 3. The quantitative estimate of drug-likeness (QED) is 0.731. The predicted molar refractivity (Wildman–Crippen MR) is 48.3 cm³/mol. The van der Waals surface area contributed by atoms with Gasteiger partial charge in [0.15, 0.2) is 0 Å². The van der Waals surface area contributed by atoms with Gasteiger partial charge < -0.3 is 0 Å². The number of alkyl halides is 3. The van der Waals surface area contributed by atoms with Crippen molar-refractivity contribution in [3.8, 4) is 0 Å². The Morgan fingerprint density at radius 1 is 1.40 bits per heavy atom. The Hall–Kier alpha value is -1.59. The minimum atomic E-state index is -4.30. The van der Waals surface area contributed by atoms with Gasteiger partial charge in [-0.15, -0.1) is 0 Å². The first-order valence-corrected chi connectivity index (χ1v) is 4.35. The molecule has 0 saturated carbocycles. The van der Waals surface area contributed by atoms with Crippen molar-refractivity contribution < 1.29 is 13.2 Å². The number of rotatable bonds is 1. The molecule has 2 aromatic rings. The Labute approximate surface area is 83.5 Å². The van der Waals surface area contributed by atoms with Crippen LogP contribution < -0.4 is 0 Å². The highest BCUT2D eigenvalue weighted by atomic mass is 19.4. The van der Waals surface area contributed by atoms with Crippen LogP contribution in [0.15, 0.2) is 24.5 Å². The van der Waals surface area contributed by atoms with Crippen molar-refractivity contribution in [2.24, 2.45) is 0 Å². The van der Waals surface area contributed by atoms with Gasteiger partial charge in [-0.25, -0.2) is 0 Å². The van der Waals surface area contributed by atoms with Gasteiger partial charge in [0, 0.05) is 6.20 Å². The highest BCUT2D eigenvalue weighted by Gasteiger charge is 2.38. The molecule has 1 unspecified atom stereocenters. The van der Waals surface area contributed by atoms with Crippen molar-refractivity contribution in [1.29, 1.82) is 0 Å². The van der Waals surface area contributed by atoms with Gasteiger partial charge in [-0.3, -0.25) is 9.67 Å². The van der Waals surface area contributed by atoms with Crippen LogP contribution in [0.5, 0.6) is 0 Å². The first-order valence-electron chi connectivity index (χ1n) is 4.35. The molecule has 80 valence electrons. The highest BCUT2D eigenvalue weighted by Crippen LogP contribution is 2.31. The van der Waals surface area contributed by atoms with Gasteiger partial charge in [-0.05, 0) is 19.1 Å². The van der Waals surface area contributed by atoms with E-state index in [-0.39, 0.29) is 0 Å². The van der Waals surface area contributed by atoms with E-state index >= 15 is 0 Å². The molecule has 0 aliphatic rings. The third-order valence-corrected chi connectivity index (χ3v) is 2.21. The maximum absolute atomic E-state index is 12.5. The molecule has 2 aromatic heterocycles. The van der Waals surface area contributed by atoms with E-state index in [1.165, 1.54) is 12.4 Å². The summed E-state index contributed by atoms with van der Waals surface area (Å²) in [5, 5.41) is 3.70. The second-order valence-corrected chi connectivity index (χ2v) is 3.21. The van der Waals surface area contributed by atoms with Crippen molar-refractivity contribution in [3.05, 3.63) is 24.5 Å². The lowest BCUT2D eigenvalue weighted by Crippen LogP contribution is -2.24. The summed E-state index contributed by atoms with van der Waals surface area (Å²) in [6.45, 7) is 1.07. The smallest absolute Gasteiger partial charge is 0.253 e. The van der Waals surface area contributed by atoms with Crippen LogP contribution in [0.3, 0.4) is 0 Å². The molecule has 0 bridgehead atoms. The molecule has 0 aliphatic carbocycles. The normalized spacial score (nSPS) is 14.4. The van der Waals surface area contributed by atoms with Crippen molar-refractivity contribution in [3.63, 3.8) is 0 Å². The van der Waals surface area contributed by atoms with Crippen LogP contribution in [0, 0.1) is 0 Å². The average Bonchev–Trinajstić information content (AvgIpc) is 2.58. The van der Waals surface area contributed by atoms with Crippen LogP contribution in [0.1, 0.15) is 13.0 Å². The molecule has 2 rings (SSSR count). The van der Waals surface area contributed by atoms with E-state index in [2.05, 4.69) is 10.1 Å². The molecule has 1 atom stereocenters. The number of nitrogens with zero attached hydrogens (tertiary/aromatic N) is 3. The van der Waals surface area contributed by atoms with Crippen LogP contribution in [0.2, 0.25) is 0 Å². The van der Waals surface area contributed by atoms with Crippen LogP contribution in [0.4, 0.5) is 13.2 Å². The molecule has 15 heavy (non-hydrogen) atoms. The van der Waals surface area contributed by atoms with E-state index in [0.29, 0.717) is 11.0 Å². The van der Waals surface area contributed by atoms with E-state index in [0.717, 1.165) is 11.6 Å². The molecule has 2 heterocycles. The standard InChI is InChI=1S/C9H8F3N3/c1-6(9(10,11)12)15-8-3-2-4-13-7(8)5-14-15/h2-6H,1H3. The Morgan fingerprint density at radius 3 is 2.80 bits per heavy atom. The van der Waals surface area contributed by atoms with Gasteiger partial charge in [0.05, 0.1) is 11.7 Å². The molecule has 0 fully saturated rings. The van der Waals surface area contributed by atoms with E-state index < -0.39 is 12.2 Å². The van der Waals surface area contributed by atoms with Crippen LogP contribution in [0.25, 0.3) is 11.0 Å². The third kappa shape index (κ3) is 1.67. The highest BCUT2D eigenvalue weighted by molar-refractivity contribution is 5.73. The Balaban J connectivity index is 2.53. The number of hydrogen-bond acceptors (Lipinski definition) is 2. The Morgan fingerprint density at radius 2 is 2.13 bits per heavy atom. The molecule has 0 N–H and O–H groups in total. The van der Waals surface area contributed by atoms with Gasteiger partial charge >= 0.3 is 6.18 Å². The first-order chi connectivity index (χ1) is 7.00. The van der Waals surface area contributed by atoms with Crippen molar-refractivity contribution in [2.45, 2.75) is 19.1 Å². The molecule has 3 nitrogen and oxygen atoms in total. The van der Waals surface area contributed by atoms with Gasteiger partial charge in [0.25, 0.3) is 0 Å². The zero-order valence-electron chi connectivity index (χ0n) is 7.86. The van der Waals surface area contributed by atoms with E-state index in [9.17, 15) is 13.2 Å². The summed E-state index contributed by atoms with van der Waals surface area (Å²) in [5.74, 6) is 0. The molecular formula is C9H8F3N3. The fourth-order valence-electron chi connectivity index (χ4n) is 1.33. The molecule has 6 heteroatoms. The first kappa shape index (κ1) is 9.95. The summed E-state index contributed by atoms with van der Waals surface area (Å²) >= 11 is 0. The third-order valence-electron chi connectivity index (χ3n) is 2.21. The van der Waals surface area contributed by atoms with Gasteiger partial charge in [0.1, 0.15) is 11.6 Å². The summed E-state index contributed by atoms with van der Waals surface area (Å²) in [6, 6.07) is 1.51. The number of pyridine rings is 1. The summed E-state index contributed by atoms with van der Waals surface area (Å²) in [4.78, 5) is 3.92. The van der Waals surface area contributed by atoms with E-state index in [1.54, 1.807) is 12.1 Å². The number of hydrogen-bond donors (Lipinski definition) is 0. The molecule has 0 amide bonds. The topological polar surface area (TPSA) is 30.7 Å². The molecule has 0 saturated heterocycles. The zero-order valence-corrected chi connectivity index (χ0v) is 7.86. The largest absolute Gasteiger partial charge is 0.410 e. The number of fused-ring (bicyclic) bond motifs is 1. The van der Waals surface area contributed by atoms with Crippen molar-refractivity contribution >= 4 is 11.0 Å². The average molecular weight is 215 g/mol. The zero-order chi connectivity index (χ0) is 11.1. The lowest BCUT2D eigenvalue weighted by atomic mass is 10.3. The molecule has 0 aromatic carbocycles. The van der Waals surface area contributed by atoms with Crippen molar-refractivity contribution in [1.82, 2.24) is 14.8 Å². The predicted octanol–water partition coefficient (Wildman–Crippen LogP) is 2.55. The lowest BCUT2D eigenvalue weighted by Gasteiger charge is -2.16. The SMILES string of the molecule is CC(n1ncc2ncccc21)C(F)(F)F. The monoisotopic (exact) mass is 215 g/mol. The van der Waals surface area contributed by atoms with Gasteiger partial charge in [-0.1, -0.05) is 0 Å². The molecule has 0 spiro atoms. The maximum atomic E-state index is 12.5. The van der Waals surface area contributed by atoms with Crippen LogP contribution >= 0.6 is 0 Å². The fourth-order valence-corrected chi connectivity index (χ4v) is 1.33. The fraction of sp³-hybridized carbons (Fsp3) is 0.333.